The molecular weight excluding hydrogens is 1820 g/mol. The topological polar surface area (TPSA) is 130 Å². The summed E-state index contributed by atoms with van der Waals surface area (Å²) in [5, 5.41) is 24.1. The SMILES string of the molecule is C#CC#CC#CC#CC#CC#CC#CC#CC#CC#CC#COc1cc(C)cc(Cn2cc(CNCC)c3ccccc32)c1.C#CC#CC#CC#CC#CC#CC#CC#CC#CC#CC#COc1cc(C)cc(Cn2cc(CNCc3c(CO)cc(OC)cc3OC)c3ccccc32)c1.C#CC#CC#CC#CC#CC#CC#CC#CC#CC#CC#COc1cc(C)cc(Cn2cc(CNCc3ccc(C)o3)c3ccccc32)c1.[HH].[HH].[HH].[HH].[HH].[HH].[HH].[HH].[HH].[HH].[HH].[HH].[HH].[HH].[HH].[HH].[HH].[HH].[HH].[HH].[HH].[HH].[HH].[HH].[HH].[HH].[HH].[HH].[HH].[HH].[HH].[HH].[HH].[HH].[HH].[HH].[HH].[HH].[HH].[HH].[HH].[HH].[HH].[HH].[HH].[HH].[HH].[HH].[HH].[HH].[HH].[HH].[HH].[HH].[HH].[HH].[HH].[HH].[HH].[HH].[HH].[HH].[HH].[HH].[HH].[HH]. The van der Waals surface area contributed by atoms with Gasteiger partial charge in [0.05, 0.1) is 27.4 Å². The summed E-state index contributed by atoms with van der Waals surface area (Å²) in [4.78, 5) is 0. The Bertz CT molecular complexity index is 9490. The van der Waals surface area contributed by atoms with E-state index in [1.165, 1.54) is 27.4 Å². The zero-order valence-corrected chi connectivity index (χ0v) is 81.2. The summed E-state index contributed by atoms with van der Waals surface area (Å²) in [5.41, 5.74) is 15.2. The number of aryl methyl sites for hydroxylation is 4. The lowest BCUT2D eigenvalue weighted by Crippen LogP contribution is -2.15. The molecule has 0 saturated carbocycles. The summed E-state index contributed by atoms with van der Waals surface area (Å²) in [7, 11) is 3.20. The van der Waals surface area contributed by atoms with Crippen LogP contribution in [0, 0.1) is 421 Å². The second-order valence-corrected chi connectivity index (χ2v) is 29.2. The van der Waals surface area contributed by atoms with E-state index in [1.807, 2.05) is 100 Å². The highest BCUT2D eigenvalue weighted by atomic mass is 16.5. The van der Waals surface area contributed by atoms with Gasteiger partial charge < -0.3 is 62.9 Å². The van der Waals surface area contributed by atoms with Crippen molar-refractivity contribution < 1.29 is 127 Å². The van der Waals surface area contributed by atoms with Crippen molar-refractivity contribution >= 4 is 32.7 Å². The molecule has 13 nitrogen and oxygen atoms in total. The third-order valence-electron chi connectivity index (χ3n) is 18.7. The van der Waals surface area contributed by atoms with Gasteiger partial charge in [0.1, 0.15) is 58.6 Å². The van der Waals surface area contributed by atoms with Crippen LogP contribution in [0.4, 0.5) is 0 Å². The third kappa shape index (κ3) is 41.4. The first-order valence-corrected chi connectivity index (χ1v) is 44.3. The van der Waals surface area contributed by atoms with Crippen molar-refractivity contribution in [2.24, 2.45) is 0 Å². The van der Waals surface area contributed by atoms with Crippen LogP contribution in [0.3, 0.4) is 0 Å². The van der Waals surface area contributed by atoms with Gasteiger partial charge in [-0.15, -0.1) is 19.3 Å². The van der Waals surface area contributed by atoms with Crippen molar-refractivity contribution in [3.8, 4) is 422 Å². The Morgan fingerprint density at radius 2 is 0.568 bits per heavy atom. The van der Waals surface area contributed by atoms with Crippen LogP contribution < -0.4 is 39.6 Å². The Labute approximate surface area is 966 Å². The van der Waals surface area contributed by atoms with Crippen molar-refractivity contribution in [1.82, 2.24) is 29.7 Å². The number of terminal acetylenes is 3. The summed E-state index contributed by atoms with van der Waals surface area (Å²) in [6, 6.07) is 50.9. The summed E-state index contributed by atoms with van der Waals surface area (Å²) in [6.07, 6.45) is 29.3. The molecule has 11 aromatic rings. The van der Waals surface area contributed by atoms with Gasteiger partial charge in [0, 0.05) is 416 Å². The number of para-hydroxylation sites is 3. The predicted octanol–water partition coefficient (Wildman–Crippen LogP) is 30.3. The molecule has 0 spiro atoms. The van der Waals surface area contributed by atoms with Gasteiger partial charge in [-0.05, 0) is 305 Å². The van der Waals surface area contributed by atoms with Gasteiger partial charge in [-0.25, -0.2) is 0 Å². The molecule has 11 rings (SSSR count). The van der Waals surface area contributed by atoms with E-state index in [9.17, 15) is 5.11 Å². The number of ether oxygens (including phenoxy) is 5. The lowest BCUT2D eigenvalue weighted by atomic mass is 10.1. The van der Waals surface area contributed by atoms with E-state index in [1.54, 1.807) is 14.2 Å². The van der Waals surface area contributed by atoms with Crippen molar-refractivity contribution in [1.29, 1.82) is 0 Å². The first kappa shape index (κ1) is 108. The Morgan fingerprint density at radius 1 is 0.291 bits per heavy atom. The maximum absolute atomic E-state index is 9.98. The smallest absolute Gasteiger partial charge is 0.140 e. The van der Waals surface area contributed by atoms with Gasteiger partial charge in [-0.2, -0.15) is 0 Å². The van der Waals surface area contributed by atoms with Crippen LogP contribution in [-0.4, -0.2) is 39.6 Å². The van der Waals surface area contributed by atoms with Gasteiger partial charge in [-0.3, -0.25) is 0 Å². The Hall–Kier alpha value is -23.2. The fourth-order valence-corrected chi connectivity index (χ4v) is 13.1. The molecule has 0 bridgehead atoms. The van der Waals surface area contributed by atoms with Crippen molar-refractivity contribution in [3.05, 3.63) is 243 Å². The molecule has 13 heteroatoms. The molecule has 7 aromatic carbocycles. The molecule has 0 aliphatic heterocycles. The second kappa shape index (κ2) is 66.3. The number of nitrogens with one attached hydrogen (secondary N) is 3. The number of aromatic nitrogens is 3. The van der Waals surface area contributed by atoms with Gasteiger partial charge in [-0.1, -0.05) is 79.7 Å². The number of methoxy groups -OCH3 is 2. The maximum Gasteiger partial charge on any atom is 0.140 e. The molecule has 4 heterocycles. The average Bonchev–Trinajstić information content (AvgIpc) is 1.65. The van der Waals surface area contributed by atoms with E-state index in [0.717, 1.165) is 104 Å². The zero-order chi connectivity index (χ0) is 104. The van der Waals surface area contributed by atoms with Crippen LogP contribution in [-0.2, 0) is 59.0 Å². The molecule has 820 valence electrons. The number of hydrogen-bond donors (Lipinski definition) is 4. The van der Waals surface area contributed by atoms with E-state index in [-0.39, 0.29) is 101 Å². The van der Waals surface area contributed by atoms with E-state index in [0.29, 0.717) is 61.5 Å². The standard InChI is InChI=1S/C49H30N2O4.C45H24N2O2.C41H22N2O.66H2/c1-5-6-7-8-9-10-11-12-13-14-15-16-17-18-19-20-21-22-23-26-29-55-45-31-40(2)30-41(32-45)37-51-38-43(46-27-24-25-28-48(46)51)35-50-36-47-42(39-52)33-44(53-3)34-49(47)54-4;1-4-5-6-7-8-9-10-11-12-13-14-15-16-17-18-19-20-21-22-25-30-48-43-32-38(2)31-40(33-43)36-47-37-41(44-26-23-24-27-45(44)47)34-46-35-42-29-28-39(3)49-42;1-4-6-7-8-9-10-11-12-13-14-15-16-17-18-19-20-21-22-23-26-29-44-39-31-36(3)30-37(32-39)34-43-35-38(33-42-5-2)40-27-24-25-28-41(40)43;;;;;;;;;;;;;;;;;;;;;;;;;;;;;;;;;;;;;;;;;;;;;;;;;;;;;;;;;;;;;;;;;;/h1,24-25,27-28,30-34,38,50,52H,35-37,39H2,2-4H3;1,23-24,26-29,31-33,37,46H,34-36H2,2-3H3;1,24-25,27-28,30-32,35,42H,5,33-34H2,2-3H3;66*1H. The quantitative estimate of drug-likeness (QED) is 0.0459. The summed E-state index contributed by atoms with van der Waals surface area (Å²) in [5.74, 6) is 156. The van der Waals surface area contributed by atoms with E-state index in [4.69, 9.17) is 47.4 Å². The van der Waals surface area contributed by atoms with Crippen molar-refractivity contribution in [2.45, 2.75) is 93.6 Å². The monoisotopic (exact) mass is 2030 g/mol. The average molecular weight is 2030 g/mol. The number of furan rings is 1. The minimum Gasteiger partial charge on any atom is -0.497 e. The highest BCUT2D eigenvalue weighted by Crippen LogP contribution is 2.32. The van der Waals surface area contributed by atoms with Crippen LogP contribution in [0.1, 0.15) is 174 Å². The van der Waals surface area contributed by atoms with Gasteiger partial charge in [0.15, 0.2) is 0 Å². The number of aliphatic hydroxyl groups excluding tert-OH is 1. The van der Waals surface area contributed by atoms with E-state index < -0.39 is 0 Å². The Kier molecular flexibility index (Phi) is 48.5. The minimum atomic E-state index is -0.120. The molecule has 4 N–H and O–H groups in total. The molecule has 0 aliphatic carbocycles. The highest BCUT2D eigenvalue weighted by Gasteiger charge is 2.17. The minimum absolute atomic E-state index is 0. The second-order valence-electron chi connectivity index (χ2n) is 29.2. The number of benzene rings is 7. The summed E-state index contributed by atoms with van der Waals surface area (Å²) < 4.78 is 40.3. The van der Waals surface area contributed by atoms with Crippen LogP contribution >= 0.6 is 0 Å². The van der Waals surface area contributed by atoms with Crippen molar-refractivity contribution in [3.63, 3.8) is 0 Å². The Morgan fingerprint density at radius 3 is 0.831 bits per heavy atom. The van der Waals surface area contributed by atoms with Gasteiger partial charge >= 0.3 is 0 Å². The molecule has 0 radical (unpaired) electrons. The predicted molar refractivity (Wildman–Crippen MR) is 725 cm³/mol. The highest BCUT2D eigenvalue weighted by molar-refractivity contribution is 5.86. The number of rotatable bonds is 23. The lowest BCUT2D eigenvalue weighted by Gasteiger charge is -2.15. The largest absolute Gasteiger partial charge is 0.497 e. The van der Waals surface area contributed by atoms with Gasteiger partial charge in [0.2, 0.25) is 0 Å². The summed E-state index contributed by atoms with van der Waals surface area (Å²) in [6.45, 7) is 16.3. The maximum atomic E-state index is 9.98. The Balaban J connectivity index is -0.0000000265. The number of nitrogens with zero attached hydrogens (tertiary/aromatic N) is 3. The molecule has 0 atom stereocenters. The first-order chi connectivity index (χ1) is 72.9. The van der Waals surface area contributed by atoms with Crippen molar-refractivity contribution in [2.75, 3.05) is 20.8 Å². The summed E-state index contributed by atoms with van der Waals surface area (Å²) >= 11 is 0. The molecule has 0 saturated heterocycles. The van der Waals surface area contributed by atoms with Crippen LogP contribution in [0.5, 0.6) is 28.7 Å². The number of aliphatic hydroxyl groups is 1. The normalized spacial score (nSPS) is 8.06. The fourth-order valence-electron chi connectivity index (χ4n) is 13.1. The molecule has 4 aromatic heterocycles. The molecule has 148 heavy (non-hydrogen) atoms. The van der Waals surface area contributed by atoms with Gasteiger partial charge in [0.25, 0.3) is 0 Å². The number of fused-ring (bicyclic) bond motifs is 3. The fraction of sp³-hybridized carbons (Fsp3) is 0.126. The van der Waals surface area contributed by atoms with E-state index >= 15 is 0 Å². The number of hydrogen-bond acceptors (Lipinski definition) is 10. The van der Waals surface area contributed by atoms with Crippen LogP contribution in [0.15, 0.2) is 175 Å². The third-order valence-corrected chi connectivity index (χ3v) is 18.7. The molecule has 0 fully saturated rings. The zero-order valence-electron chi connectivity index (χ0n) is 81.2. The molecular formula is C135H208N6O7. The molecule has 0 amide bonds. The van der Waals surface area contributed by atoms with E-state index in [2.05, 4.69) is 508 Å². The van der Waals surface area contributed by atoms with Crippen LogP contribution in [0.25, 0.3) is 32.7 Å². The molecule has 0 unspecified atom stereocenters. The van der Waals surface area contributed by atoms with Crippen LogP contribution in [0.2, 0.25) is 0 Å². The molecule has 0 aliphatic rings. The first-order valence-electron chi connectivity index (χ1n) is 44.3. The lowest BCUT2D eigenvalue weighted by molar-refractivity contribution is 0.278.